The highest BCUT2D eigenvalue weighted by atomic mass is 16.4. The van der Waals surface area contributed by atoms with Gasteiger partial charge in [-0.05, 0) is 33.1 Å². The summed E-state index contributed by atoms with van der Waals surface area (Å²) in [6, 6.07) is 0. The summed E-state index contributed by atoms with van der Waals surface area (Å²) in [4.78, 5) is 23.0. The first-order valence-electron chi connectivity index (χ1n) is 7.18. The maximum atomic E-state index is 11.5. The largest absolute Gasteiger partial charge is 0.481 e. The molecule has 0 saturated carbocycles. The molecule has 0 rings (SSSR count). The molecule has 0 aliphatic rings. The number of hydrogen-bond acceptors (Lipinski definition) is 2. The molecule has 0 aliphatic heterocycles. The van der Waals surface area contributed by atoms with Crippen LogP contribution in [0, 0.1) is 10.8 Å². The Labute approximate surface area is 116 Å². The quantitative estimate of drug-likeness (QED) is 0.631. The van der Waals surface area contributed by atoms with Gasteiger partial charge in [0.25, 0.3) is 0 Å². The van der Waals surface area contributed by atoms with Crippen molar-refractivity contribution in [1.82, 2.24) is 0 Å². The predicted octanol–water partition coefficient (Wildman–Crippen LogP) is 3.94. The molecule has 0 amide bonds. The molecular formula is C15H28O4. The molecule has 2 N–H and O–H groups in total. The summed E-state index contributed by atoms with van der Waals surface area (Å²) in [6.45, 7) is 7.38. The van der Waals surface area contributed by atoms with Crippen LogP contribution in [0.25, 0.3) is 0 Å². The Balaban J connectivity index is 5.04. The van der Waals surface area contributed by atoms with Gasteiger partial charge in [-0.3, -0.25) is 9.59 Å². The van der Waals surface area contributed by atoms with Crippen LogP contribution in [0.4, 0.5) is 0 Å². The van der Waals surface area contributed by atoms with Crippen molar-refractivity contribution in [2.45, 2.75) is 72.6 Å². The number of aliphatic carboxylic acids is 2. The Hall–Kier alpha value is -1.06. The summed E-state index contributed by atoms with van der Waals surface area (Å²) in [7, 11) is 0. The molecule has 0 heterocycles. The Kier molecular flexibility index (Phi) is 7.09. The lowest BCUT2D eigenvalue weighted by Crippen LogP contribution is -2.38. The van der Waals surface area contributed by atoms with Crippen molar-refractivity contribution in [3.8, 4) is 0 Å². The predicted molar refractivity (Wildman–Crippen MR) is 75.2 cm³/mol. The number of carbonyl (C=O) groups is 2. The van der Waals surface area contributed by atoms with Crippen LogP contribution in [0.2, 0.25) is 0 Å². The van der Waals surface area contributed by atoms with Gasteiger partial charge < -0.3 is 10.2 Å². The second kappa shape index (κ2) is 7.51. The standard InChI is InChI=1S/C15H28O4/c1-5-7-9-14(3,12(16)17)11-15(4,13(18)19)10-8-6-2/h5-11H2,1-4H3,(H,16,17)(H,18,19). The van der Waals surface area contributed by atoms with E-state index >= 15 is 0 Å². The minimum absolute atomic E-state index is 0.199. The lowest BCUT2D eigenvalue weighted by atomic mass is 9.68. The Morgan fingerprint density at radius 1 is 0.842 bits per heavy atom. The first-order chi connectivity index (χ1) is 8.72. The van der Waals surface area contributed by atoms with Crippen LogP contribution in [0.1, 0.15) is 72.6 Å². The fourth-order valence-corrected chi connectivity index (χ4v) is 2.54. The third-order valence-electron chi connectivity index (χ3n) is 3.98. The molecule has 0 aliphatic carbocycles. The van der Waals surface area contributed by atoms with Gasteiger partial charge in [0.05, 0.1) is 10.8 Å². The van der Waals surface area contributed by atoms with Crippen molar-refractivity contribution in [3.05, 3.63) is 0 Å². The van der Waals surface area contributed by atoms with Gasteiger partial charge in [-0.2, -0.15) is 0 Å². The molecule has 0 aromatic rings. The van der Waals surface area contributed by atoms with Crippen LogP contribution < -0.4 is 0 Å². The number of carboxylic acid groups (broad SMARTS) is 2. The molecule has 0 aromatic carbocycles. The molecule has 0 bridgehead atoms. The molecule has 19 heavy (non-hydrogen) atoms. The second-order valence-corrected chi connectivity index (χ2v) is 6.12. The molecule has 0 aromatic heterocycles. The summed E-state index contributed by atoms with van der Waals surface area (Å²) < 4.78 is 0. The van der Waals surface area contributed by atoms with Gasteiger partial charge in [0, 0.05) is 0 Å². The molecule has 112 valence electrons. The molecule has 2 unspecified atom stereocenters. The molecule has 0 spiro atoms. The van der Waals surface area contributed by atoms with Crippen molar-refractivity contribution >= 4 is 11.9 Å². The third kappa shape index (κ3) is 5.21. The van der Waals surface area contributed by atoms with Crippen LogP contribution in [-0.4, -0.2) is 22.2 Å². The van der Waals surface area contributed by atoms with E-state index < -0.39 is 22.8 Å². The van der Waals surface area contributed by atoms with E-state index in [0.717, 1.165) is 25.7 Å². The highest BCUT2D eigenvalue weighted by Gasteiger charge is 2.44. The number of unbranched alkanes of at least 4 members (excludes halogenated alkanes) is 2. The maximum absolute atomic E-state index is 11.5. The SMILES string of the molecule is CCCCC(C)(CC(C)(CCCC)C(=O)O)C(=O)O. The van der Waals surface area contributed by atoms with Gasteiger partial charge in [0.15, 0.2) is 0 Å². The van der Waals surface area contributed by atoms with Gasteiger partial charge in [-0.15, -0.1) is 0 Å². The first kappa shape index (κ1) is 17.9. The van der Waals surface area contributed by atoms with E-state index in [9.17, 15) is 19.8 Å². The van der Waals surface area contributed by atoms with Crippen LogP contribution in [0.15, 0.2) is 0 Å². The Bertz CT molecular complexity index is 283. The van der Waals surface area contributed by atoms with E-state index in [2.05, 4.69) is 0 Å². The zero-order valence-corrected chi connectivity index (χ0v) is 12.7. The highest BCUT2D eigenvalue weighted by Crippen LogP contribution is 2.41. The number of hydrogen-bond donors (Lipinski definition) is 2. The van der Waals surface area contributed by atoms with Gasteiger partial charge in [-0.1, -0.05) is 39.5 Å². The highest BCUT2D eigenvalue weighted by molar-refractivity contribution is 5.78. The fourth-order valence-electron chi connectivity index (χ4n) is 2.54. The van der Waals surface area contributed by atoms with Crippen molar-refractivity contribution < 1.29 is 19.8 Å². The van der Waals surface area contributed by atoms with E-state index in [1.165, 1.54) is 0 Å². The first-order valence-corrected chi connectivity index (χ1v) is 7.18. The van der Waals surface area contributed by atoms with E-state index in [1.54, 1.807) is 13.8 Å². The van der Waals surface area contributed by atoms with Crippen LogP contribution in [-0.2, 0) is 9.59 Å². The molecular weight excluding hydrogens is 244 g/mol. The molecule has 4 heteroatoms. The van der Waals surface area contributed by atoms with Crippen molar-refractivity contribution in [2.75, 3.05) is 0 Å². The molecule has 2 atom stereocenters. The number of rotatable bonds is 10. The van der Waals surface area contributed by atoms with Crippen molar-refractivity contribution in [1.29, 1.82) is 0 Å². The summed E-state index contributed by atoms with van der Waals surface area (Å²) in [5.41, 5.74) is -1.90. The Morgan fingerprint density at radius 2 is 1.16 bits per heavy atom. The zero-order valence-electron chi connectivity index (χ0n) is 12.7. The fraction of sp³-hybridized carbons (Fsp3) is 0.867. The third-order valence-corrected chi connectivity index (χ3v) is 3.98. The smallest absolute Gasteiger partial charge is 0.309 e. The minimum Gasteiger partial charge on any atom is -0.481 e. The lowest BCUT2D eigenvalue weighted by molar-refractivity contribution is -0.157. The topological polar surface area (TPSA) is 74.6 Å². The normalized spacial score (nSPS) is 17.5. The van der Waals surface area contributed by atoms with Crippen LogP contribution >= 0.6 is 0 Å². The van der Waals surface area contributed by atoms with Crippen LogP contribution in [0.3, 0.4) is 0 Å². The van der Waals surface area contributed by atoms with Crippen molar-refractivity contribution in [2.24, 2.45) is 10.8 Å². The van der Waals surface area contributed by atoms with Gasteiger partial charge in [-0.25, -0.2) is 0 Å². The minimum atomic E-state index is -0.948. The van der Waals surface area contributed by atoms with E-state index in [0.29, 0.717) is 12.8 Å². The molecule has 4 nitrogen and oxygen atoms in total. The molecule has 0 radical (unpaired) electrons. The molecule has 0 saturated heterocycles. The summed E-state index contributed by atoms with van der Waals surface area (Å²) >= 11 is 0. The van der Waals surface area contributed by atoms with E-state index in [-0.39, 0.29) is 6.42 Å². The molecule has 0 fully saturated rings. The van der Waals surface area contributed by atoms with E-state index in [1.807, 2.05) is 13.8 Å². The average molecular weight is 272 g/mol. The van der Waals surface area contributed by atoms with Crippen molar-refractivity contribution in [3.63, 3.8) is 0 Å². The maximum Gasteiger partial charge on any atom is 0.309 e. The second-order valence-electron chi connectivity index (χ2n) is 6.12. The Morgan fingerprint density at radius 3 is 1.37 bits per heavy atom. The van der Waals surface area contributed by atoms with E-state index in [4.69, 9.17) is 0 Å². The van der Waals surface area contributed by atoms with Crippen LogP contribution in [0.5, 0.6) is 0 Å². The monoisotopic (exact) mass is 272 g/mol. The van der Waals surface area contributed by atoms with Gasteiger partial charge in [0.2, 0.25) is 0 Å². The van der Waals surface area contributed by atoms with Gasteiger partial charge >= 0.3 is 11.9 Å². The number of carboxylic acids is 2. The zero-order chi connectivity index (χ0) is 15.1. The summed E-state index contributed by atoms with van der Waals surface area (Å²) in [6.07, 6.45) is 4.73. The summed E-state index contributed by atoms with van der Waals surface area (Å²) in [5, 5.41) is 18.9. The average Bonchev–Trinajstić information content (AvgIpc) is 2.33. The summed E-state index contributed by atoms with van der Waals surface area (Å²) in [5.74, 6) is -1.77. The lowest BCUT2D eigenvalue weighted by Gasteiger charge is -2.34. The van der Waals surface area contributed by atoms with Gasteiger partial charge in [0.1, 0.15) is 0 Å².